The molecule has 0 bridgehead atoms. The lowest BCUT2D eigenvalue weighted by Gasteiger charge is -2.63. The van der Waals surface area contributed by atoms with Gasteiger partial charge in [-0.25, -0.2) is 0 Å². The molecule has 1 saturated heterocycles. The average Bonchev–Trinajstić information content (AvgIpc) is 3.22. The minimum Gasteiger partial charge on any atom is -0.459 e. The molecule has 4 aliphatic carbocycles. The summed E-state index contributed by atoms with van der Waals surface area (Å²) in [7, 11) is 0. The van der Waals surface area contributed by atoms with E-state index in [-0.39, 0.29) is 24.4 Å². The molecule has 6 unspecified atom stereocenters. The number of carbonyl (C=O) groups is 4. The summed E-state index contributed by atoms with van der Waals surface area (Å²) in [6.07, 6.45) is -2.57. The van der Waals surface area contributed by atoms with Crippen LogP contribution in [-0.4, -0.2) is 109 Å². The molecule has 0 spiro atoms. The summed E-state index contributed by atoms with van der Waals surface area (Å²) in [5.41, 5.74) is -6.62. The molecule has 3 fully saturated rings. The molecule has 2 saturated carbocycles. The number of rotatable bonds is 8. The van der Waals surface area contributed by atoms with Crippen molar-refractivity contribution in [3.05, 3.63) is 35.6 Å². The second-order valence-electron chi connectivity index (χ2n) is 17.2. The summed E-state index contributed by atoms with van der Waals surface area (Å²) in [5, 5.41) is 64.6. The lowest BCUT2D eigenvalue weighted by atomic mass is 9.39. The van der Waals surface area contributed by atoms with Crippen LogP contribution in [0.2, 0.25) is 0 Å². The van der Waals surface area contributed by atoms with E-state index in [1.165, 1.54) is 19.9 Å². The highest BCUT2D eigenvalue weighted by Crippen LogP contribution is 2.73. The molecule has 5 aliphatic rings. The third-order valence-corrected chi connectivity index (χ3v) is 13.3. The molecule has 51 heavy (non-hydrogen) atoms. The number of allylic oxidation sites excluding steroid dienone is 4. The van der Waals surface area contributed by atoms with Crippen LogP contribution in [0.25, 0.3) is 0 Å². The zero-order valence-electron chi connectivity index (χ0n) is 30.9. The van der Waals surface area contributed by atoms with Gasteiger partial charge in [0.05, 0.1) is 18.1 Å². The van der Waals surface area contributed by atoms with Crippen molar-refractivity contribution in [1.82, 2.24) is 0 Å². The second kappa shape index (κ2) is 12.7. The third kappa shape index (κ3) is 5.87. The second-order valence-corrected chi connectivity index (χ2v) is 17.2. The maximum absolute atomic E-state index is 14.8. The van der Waals surface area contributed by atoms with Gasteiger partial charge in [0.25, 0.3) is 0 Å². The Morgan fingerprint density at radius 3 is 2.22 bits per heavy atom. The monoisotopic (exact) mass is 718 g/mol. The first-order valence-electron chi connectivity index (χ1n) is 17.6. The van der Waals surface area contributed by atoms with Gasteiger partial charge in [0.15, 0.2) is 11.5 Å². The lowest BCUT2D eigenvalue weighted by Crippen LogP contribution is -2.64. The summed E-state index contributed by atoms with van der Waals surface area (Å²) in [5.74, 6) is -4.17. The molecule has 0 aromatic rings. The van der Waals surface area contributed by atoms with E-state index in [0.717, 1.165) is 6.08 Å². The fourth-order valence-corrected chi connectivity index (χ4v) is 10.3. The molecule has 0 aromatic carbocycles. The summed E-state index contributed by atoms with van der Waals surface area (Å²) >= 11 is 0. The Morgan fingerprint density at radius 2 is 1.63 bits per heavy atom. The molecular weight excluding hydrogens is 664 g/mol. The van der Waals surface area contributed by atoms with Gasteiger partial charge >= 0.3 is 5.97 Å². The number of aliphatic hydroxyl groups is 6. The summed E-state index contributed by atoms with van der Waals surface area (Å²) < 4.78 is 16.7. The zero-order chi connectivity index (χ0) is 38.4. The van der Waals surface area contributed by atoms with E-state index in [2.05, 4.69) is 0 Å². The molecule has 1 heterocycles. The number of ether oxygens (including phenoxy) is 3. The Bertz CT molecular complexity index is 1570. The smallest absolute Gasteiger partial charge is 0.303 e. The largest absolute Gasteiger partial charge is 0.459 e. The minimum absolute atomic E-state index is 0.0841. The van der Waals surface area contributed by atoms with Gasteiger partial charge in [-0.1, -0.05) is 32.4 Å². The molecule has 13 atom stereocenters. The summed E-state index contributed by atoms with van der Waals surface area (Å²) in [4.78, 5) is 53.9. The predicted molar refractivity (Wildman–Crippen MR) is 180 cm³/mol. The molecule has 13 heteroatoms. The maximum Gasteiger partial charge on any atom is 0.303 e. The molecule has 5 rings (SSSR count). The molecule has 6 N–H and O–H groups in total. The molecular formula is C38H54O13. The van der Waals surface area contributed by atoms with Crippen molar-refractivity contribution in [1.29, 1.82) is 0 Å². The number of fused-ring (bicyclic) bond motifs is 5. The van der Waals surface area contributed by atoms with Gasteiger partial charge in [-0.2, -0.15) is 0 Å². The fraction of sp³-hybridized carbons (Fsp3) is 0.737. The standard InChI is InChI=1S/C38H54O13/c1-18(40)51-33(2,3)13-12-25(42)38(9,48)30-21(41)15-35(6)24-11-10-19-20(37(24,8)26(43)16-36(30,35)7)14-22(31(47)34(19,4)5)49-32-29(46)28(45)27(44)23(17-39)50-32/h10,12-14,20-21,23-24,27-30,32,39,41,44-46,48H,11,15-17H2,1-9H3/b13-12+/t20-,21-,23?,24+,27?,28?,29?,30+,32?,35+,36-,37+,38?/m1/s1. The number of carbonyl (C=O) groups excluding carboxylic acids is 4. The van der Waals surface area contributed by atoms with Gasteiger partial charge in [-0.15, -0.1) is 0 Å². The number of hydrogen-bond acceptors (Lipinski definition) is 13. The van der Waals surface area contributed by atoms with Crippen molar-refractivity contribution in [2.75, 3.05) is 6.61 Å². The first-order chi connectivity index (χ1) is 23.3. The van der Waals surface area contributed by atoms with Crippen LogP contribution in [0, 0.1) is 39.4 Å². The van der Waals surface area contributed by atoms with Gasteiger partial charge < -0.3 is 44.8 Å². The van der Waals surface area contributed by atoms with Gasteiger partial charge in [0.2, 0.25) is 12.1 Å². The van der Waals surface area contributed by atoms with Gasteiger partial charge in [0, 0.05) is 30.6 Å². The van der Waals surface area contributed by atoms with E-state index >= 15 is 0 Å². The van der Waals surface area contributed by atoms with Crippen molar-refractivity contribution in [3.8, 4) is 0 Å². The van der Waals surface area contributed by atoms with E-state index in [1.54, 1.807) is 33.8 Å². The number of aliphatic hydroxyl groups excluding tert-OH is 5. The fourth-order valence-electron chi connectivity index (χ4n) is 10.3. The van der Waals surface area contributed by atoms with Crippen molar-refractivity contribution in [2.45, 2.75) is 130 Å². The molecule has 0 aromatic heterocycles. The summed E-state index contributed by atoms with van der Waals surface area (Å²) in [6, 6.07) is 0. The lowest BCUT2D eigenvalue weighted by molar-refractivity contribution is -0.291. The maximum atomic E-state index is 14.8. The van der Waals surface area contributed by atoms with E-state index in [4.69, 9.17) is 14.2 Å². The Hall–Kier alpha value is -2.78. The Morgan fingerprint density at radius 1 is 1.00 bits per heavy atom. The first kappa shape index (κ1) is 39.4. The quantitative estimate of drug-likeness (QED) is 0.119. The van der Waals surface area contributed by atoms with Crippen LogP contribution in [-0.2, 0) is 33.4 Å². The molecule has 1 aliphatic heterocycles. The molecule has 0 radical (unpaired) electrons. The zero-order valence-corrected chi connectivity index (χ0v) is 30.9. The normalized spacial score (nSPS) is 43.3. The van der Waals surface area contributed by atoms with Crippen LogP contribution in [0.15, 0.2) is 35.6 Å². The van der Waals surface area contributed by atoms with Crippen molar-refractivity contribution >= 4 is 23.3 Å². The van der Waals surface area contributed by atoms with E-state index in [1.807, 2.05) is 26.8 Å². The number of esters is 1. The van der Waals surface area contributed by atoms with E-state index in [9.17, 15) is 49.8 Å². The number of Topliss-reactive ketones (excluding diaryl/α,β-unsaturated/α-hetero) is 2. The molecule has 0 amide bonds. The Kier molecular flexibility index (Phi) is 9.80. The van der Waals surface area contributed by atoms with Gasteiger partial charge in [-0.05, 0) is 82.4 Å². The van der Waals surface area contributed by atoms with Crippen LogP contribution in [0.4, 0.5) is 0 Å². The number of ketones is 3. The van der Waals surface area contributed by atoms with Crippen LogP contribution in [0.5, 0.6) is 0 Å². The van der Waals surface area contributed by atoms with Crippen LogP contribution < -0.4 is 0 Å². The van der Waals surface area contributed by atoms with E-state index < -0.39 is 112 Å². The van der Waals surface area contributed by atoms with Crippen LogP contribution in [0.3, 0.4) is 0 Å². The highest BCUT2D eigenvalue weighted by Gasteiger charge is 2.74. The topological polar surface area (TPSA) is 217 Å². The summed E-state index contributed by atoms with van der Waals surface area (Å²) in [6.45, 7) is 14.2. The van der Waals surface area contributed by atoms with Crippen LogP contribution in [0.1, 0.15) is 81.6 Å². The first-order valence-corrected chi connectivity index (χ1v) is 17.6. The number of hydrogen-bond donors (Lipinski definition) is 6. The van der Waals surface area contributed by atoms with Crippen molar-refractivity contribution < 1.29 is 64.0 Å². The van der Waals surface area contributed by atoms with Gasteiger partial charge in [-0.3, -0.25) is 19.2 Å². The van der Waals surface area contributed by atoms with Crippen molar-refractivity contribution in [2.24, 2.45) is 39.4 Å². The van der Waals surface area contributed by atoms with Crippen molar-refractivity contribution in [3.63, 3.8) is 0 Å². The van der Waals surface area contributed by atoms with Crippen LogP contribution >= 0.6 is 0 Å². The predicted octanol–water partition coefficient (Wildman–Crippen LogP) is 1.45. The molecule has 284 valence electrons. The minimum atomic E-state index is -2.09. The SMILES string of the molecule is CC(=O)OC(C)(C)/C=C/C(=O)C(C)(O)[C@H]1[C@H](O)C[C@@]2(C)[C@@H]3CC=C4[C@@H](C=C(OC5OC(CO)C(O)C(O)C5O)C(=O)C4(C)C)[C@]3(C)C(=O)C[C@]12C. The third-order valence-electron chi connectivity index (χ3n) is 13.3. The Balaban J connectivity index is 1.52. The average molecular weight is 719 g/mol. The highest BCUT2D eigenvalue weighted by atomic mass is 16.7. The molecule has 13 nitrogen and oxygen atoms in total. The van der Waals surface area contributed by atoms with E-state index in [0.29, 0.717) is 12.0 Å². The van der Waals surface area contributed by atoms with Gasteiger partial charge in [0.1, 0.15) is 41.4 Å². The Labute approximate surface area is 298 Å². The highest BCUT2D eigenvalue weighted by molar-refractivity contribution is 6.02.